The topological polar surface area (TPSA) is 100 Å². The first-order valence-electron chi connectivity index (χ1n) is 6.16. The molecule has 2 aromatic rings. The summed E-state index contributed by atoms with van der Waals surface area (Å²) in [6.45, 7) is 3.52. The van der Waals surface area contributed by atoms with Gasteiger partial charge in [0, 0.05) is 5.69 Å². The second-order valence-electron chi connectivity index (χ2n) is 4.34. The predicted octanol–water partition coefficient (Wildman–Crippen LogP) is 1.75. The molecule has 7 heteroatoms. The highest BCUT2D eigenvalue weighted by molar-refractivity contribution is 5.89. The molecule has 1 atom stereocenters. The van der Waals surface area contributed by atoms with E-state index in [1.54, 1.807) is 38.1 Å². The molecule has 0 bridgehead atoms. The molecule has 1 heterocycles. The van der Waals surface area contributed by atoms with Gasteiger partial charge in [-0.1, -0.05) is 17.3 Å². The highest BCUT2D eigenvalue weighted by atomic mass is 16.5. The third-order valence-electron chi connectivity index (χ3n) is 2.60. The van der Waals surface area contributed by atoms with E-state index in [1.807, 2.05) is 0 Å². The minimum Gasteiger partial charge on any atom is -0.389 e. The summed E-state index contributed by atoms with van der Waals surface area (Å²) in [6.07, 6.45) is -0.582. The maximum Gasteiger partial charge on any atom is 0.319 e. The Morgan fingerprint density at radius 3 is 2.95 bits per heavy atom. The van der Waals surface area contributed by atoms with Crippen molar-refractivity contribution in [1.82, 2.24) is 15.5 Å². The van der Waals surface area contributed by atoms with Gasteiger partial charge in [0.15, 0.2) is 5.82 Å². The number of aromatic nitrogens is 2. The molecule has 0 radical (unpaired) electrons. The maximum absolute atomic E-state index is 11.7. The number of hydrogen-bond donors (Lipinski definition) is 3. The molecule has 2 rings (SSSR count). The number of aliphatic hydroxyl groups is 1. The van der Waals surface area contributed by atoms with Gasteiger partial charge in [0.1, 0.15) is 0 Å². The molecule has 0 aliphatic carbocycles. The first-order chi connectivity index (χ1) is 9.54. The van der Waals surface area contributed by atoms with E-state index in [-0.39, 0.29) is 12.6 Å². The fourth-order valence-electron chi connectivity index (χ4n) is 1.62. The van der Waals surface area contributed by atoms with Crippen molar-refractivity contribution in [3.63, 3.8) is 0 Å². The number of aryl methyl sites for hydroxylation is 1. The monoisotopic (exact) mass is 276 g/mol. The number of carbonyl (C=O) groups is 1. The molecule has 7 nitrogen and oxygen atoms in total. The zero-order valence-electron chi connectivity index (χ0n) is 11.3. The van der Waals surface area contributed by atoms with E-state index in [4.69, 9.17) is 4.52 Å². The van der Waals surface area contributed by atoms with E-state index >= 15 is 0 Å². The lowest BCUT2D eigenvalue weighted by atomic mass is 10.1. The third kappa shape index (κ3) is 3.79. The molecule has 0 aliphatic heterocycles. The second kappa shape index (κ2) is 6.16. The Hall–Kier alpha value is -2.41. The van der Waals surface area contributed by atoms with E-state index in [0.717, 1.165) is 5.56 Å². The van der Waals surface area contributed by atoms with Crippen LogP contribution in [0.4, 0.5) is 10.5 Å². The molecule has 3 N–H and O–H groups in total. The summed E-state index contributed by atoms with van der Waals surface area (Å²) < 4.78 is 4.88. The smallest absolute Gasteiger partial charge is 0.319 e. The van der Waals surface area contributed by atoms with Crippen LogP contribution in [0.25, 0.3) is 0 Å². The molecule has 1 aromatic heterocycles. The standard InChI is InChI=1S/C13H16N4O3/c1-8(18)10-4-3-5-11(6-10)16-13(19)14-7-12-15-9(2)17-20-12/h3-6,8,18H,7H2,1-2H3,(H2,14,16,19). The average molecular weight is 276 g/mol. The van der Waals surface area contributed by atoms with Crippen molar-refractivity contribution < 1.29 is 14.4 Å². The fraction of sp³-hybridized carbons (Fsp3) is 0.308. The Morgan fingerprint density at radius 1 is 1.50 bits per heavy atom. The number of rotatable bonds is 4. The van der Waals surface area contributed by atoms with Crippen molar-refractivity contribution >= 4 is 11.7 Å². The van der Waals surface area contributed by atoms with Gasteiger partial charge < -0.3 is 20.3 Å². The number of carbonyl (C=O) groups excluding carboxylic acids is 1. The molecule has 20 heavy (non-hydrogen) atoms. The molecule has 2 amide bonds. The van der Waals surface area contributed by atoms with Crippen molar-refractivity contribution in [1.29, 1.82) is 0 Å². The highest BCUT2D eigenvalue weighted by Gasteiger charge is 2.07. The molecule has 0 saturated heterocycles. The van der Waals surface area contributed by atoms with Crippen LogP contribution in [0.3, 0.4) is 0 Å². The van der Waals surface area contributed by atoms with E-state index in [0.29, 0.717) is 17.4 Å². The second-order valence-corrected chi connectivity index (χ2v) is 4.34. The molecule has 106 valence electrons. The van der Waals surface area contributed by atoms with Gasteiger partial charge in [-0.25, -0.2) is 4.79 Å². The summed E-state index contributed by atoms with van der Waals surface area (Å²) in [4.78, 5) is 15.7. The van der Waals surface area contributed by atoms with Gasteiger partial charge in [-0.3, -0.25) is 0 Å². The highest BCUT2D eigenvalue weighted by Crippen LogP contribution is 2.16. The summed E-state index contributed by atoms with van der Waals surface area (Å²) in [6, 6.07) is 6.61. The van der Waals surface area contributed by atoms with E-state index in [9.17, 15) is 9.90 Å². The van der Waals surface area contributed by atoms with Crippen molar-refractivity contribution in [3.05, 3.63) is 41.5 Å². The fourth-order valence-corrected chi connectivity index (χ4v) is 1.62. The van der Waals surface area contributed by atoms with Crippen molar-refractivity contribution in [2.75, 3.05) is 5.32 Å². The zero-order valence-corrected chi connectivity index (χ0v) is 11.3. The largest absolute Gasteiger partial charge is 0.389 e. The van der Waals surface area contributed by atoms with Crippen LogP contribution in [0.15, 0.2) is 28.8 Å². The molecule has 1 aromatic carbocycles. The van der Waals surface area contributed by atoms with Gasteiger partial charge in [0.2, 0.25) is 5.89 Å². The van der Waals surface area contributed by atoms with Crippen molar-refractivity contribution in [2.45, 2.75) is 26.5 Å². The Balaban J connectivity index is 1.89. The molecule has 0 spiro atoms. The molecular weight excluding hydrogens is 260 g/mol. The number of nitrogens with one attached hydrogen (secondary N) is 2. The van der Waals surface area contributed by atoms with Crippen LogP contribution in [-0.4, -0.2) is 21.3 Å². The first kappa shape index (κ1) is 14.0. The average Bonchev–Trinajstić information content (AvgIpc) is 2.82. The van der Waals surface area contributed by atoms with Gasteiger partial charge in [0.25, 0.3) is 0 Å². The van der Waals surface area contributed by atoms with Crippen LogP contribution >= 0.6 is 0 Å². The molecule has 1 unspecified atom stereocenters. The Labute approximate surface area is 116 Å². The van der Waals surface area contributed by atoms with Gasteiger partial charge in [-0.15, -0.1) is 0 Å². The summed E-state index contributed by atoms with van der Waals surface area (Å²) >= 11 is 0. The molecule has 0 fully saturated rings. The lowest BCUT2D eigenvalue weighted by Gasteiger charge is -2.09. The van der Waals surface area contributed by atoms with Crippen LogP contribution in [-0.2, 0) is 6.54 Å². The zero-order chi connectivity index (χ0) is 14.5. The quantitative estimate of drug-likeness (QED) is 0.790. The lowest BCUT2D eigenvalue weighted by Crippen LogP contribution is -2.28. The number of nitrogens with zero attached hydrogens (tertiary/aromatic N) is 2. The number of benzene rings is 1. The molecule has 0 aliphatic rings. The SMILES string of the molecule is Cc1noc(CNC(=O)Nc2cccc(C(C)O)c2)n1. The molecule has 0 saturated carbocycles. The van der Waals surface area contributed by atoms with E-state index in [1.165, 1.54) is 0 Å². The van der Waals surface area contributed by atoms with Crippen LogP contribution in [0.1, 0.15) is 30.3 Å². The van der Waals surface area contributed by atoms with Crippen LogP contribution < -0.4 is 10.6 Å². The van der Waals surface area contributed by atoms with E-state index in [2.05, 4.69) is 20.8 Å². The number of hydrogen-bond acceptors (Lipinski definition) is 5. The summed E-state index contributed by atoms with van der Waals surface area (Å²) in [5, 5.41) is 18.4. The minimum absolute atomic E-state index is 0.156. The van der Waals surface area contributed by atoms with Crippen LogP contribution in [0.2, 0.25) is 0 Å². The molecular formula is C13H16N4O3. The minimum atomic E-state index is -0.582. The van der Waals surface area contributed by atoms with Crippen molar-refractivity contribution in [2.24, 2.45) is 0 Å². The predicted molar refractivity (Wildman–Crippen MR) is 72.0 cm³/mol. The Bertz CT molecular complexity index is 595. The number of aliphatic hydroxyl groups excluding tert-OH is 1. The van der Waals surface area contributed by atoms with Crippen LogP contribution in [0, 0.1) is 6.92 Å². The Morgan fingerprint density at radius 2 is 2.30 bits per heavy atom. The third-order valence-corrected chi connectivity index (χ3v) is 2.60. The van der Waals surface area contributed by atoms with Crippen LogP contribution in [0.5, 0.6) is 0 Å². The van der Waals surface area contributed by atoms with Crippen molar-refractivity contribution in [3.8, 4) is 0 Å². The maximum atomic E-state index is 11.7. The van der Waals surface area contributed by atoms with Gasteiger partial charge in [0.05, 0.1) is 12.6 Å². The lowest BCUT2D eigenvalue weighted by molar-refractivity contribution is 0.199. The summed E-state index contributed by atoms with van der Waals surface area (Å²) in [5.74, 6) is 0.863. The van der Waals surface area contributed by atoms with Gasteiger partial charge in [-0.05, 0) is 31.5 Å². The summed E-state index contributed by atoms with van der Waals surface area (Å²) in [5.41, 5.74) is 1.33. The number of anilines is 1. The Kier molecular flexibility index (Phi) is 4.31. The number of urea groups is 1. The first-order valence-corrected chi connectivity index (χ1v) is 6.16. The van der Waals surface area contributed by atoms with Gasteiger partial charge >= 0.3 is 6.03 Å². The van der Waals surface area contributed by atoms with E-state index < -0.39 is 6.10 Å². The normalized spacial score (nSPS) is 11.9. The summed E-state index contributed by atoms with van der Waals surface area (Å²) in [7, 11) is 0. The number of amides is 2. The van der Waals surface area contributed by atoms with Gasteiger partial charge in [-0.2, -0.15) is 4.98 Å².